The van der Waals surface area contributed by atoms with Gasteiger partial charge in [0, 0.05) is 16.6 Å². The molecule has 0 aliphatic rings. The van der Waals surface area contributed by atoms with Crippen LogP contribution in [0.25, 0.3) is 21.3 Å². The molecule has 0 fully saturated rings. The lowest BCUT2D eigenvalue weighted by atomic mass is 10.0. The number of rotatable bonds is 4. The molecule has 0 aliphatic heterocycles. The SMILES string of the molecule is Cc1ccc(NC(=O)[C@@H](C)n2cnc3scc(-c4ccc(C)c(C)c4)c3c2=O)cc1. The lowest BCUT2D eigenvalue weighted by Crippen LogP contribution is -2.31. The summed E-state index contributed by atoms with van der Waals surface area (Å²) in [7, 11) is 0. The van der Waals surface area contributed by atoms with Crippen molar-refractivity contribution in [1.82, 2.24) is 9.55 Å². The van der Waals surface area contributed by atoms with Gasteiger partial charge in [-0.05, 0) is 56.5 Å². The van der Waals surface area contributed by atoms with Gasteiger partial charge in [-0.15, -0.1) is 11.3 Å². The van der Waals surface area contributed by atoms with Crippen molar-refractivity contribution in [1.29, 1.82) is 0 Å². The van der Waals surface area contributed by atoms with E-state index in [0.717, 1.165) is 16.7 Å². The average molecular weight is 418 g/mol. The fourth-order valence-corrected chi connectivity index (χ4v) is 4.26. The smallest absolute Gasteiger partial charge is 0.263 e. The summed E-state index contributed by atoms with van der Waals surface area (Å²) in [5.41, 5.74) is 5.82. The number of carbonyl (C=O) groups excluding carboxylic acids is 1. The number of nitrogens with zero attached hydrogens (tertiary/aromatic N) is 2. The van der Waals surface area contributed by atoms with E-state index < -0.39 is 6.04 Å². The van der Waals surface area contributed by atoms with Crippen molar-refractivity contribution in [2.75, 3.05) is 5.32 Å². The summed E-state index contributed by atoms with van der Waals surface area (Å²) in [6, 6.07) is 13.0. The van der Waals surface area contributed by atoms with E-state index in [2.05, 4.69) is 36.3 Å². The van der Waals surface area contributed by atoms with Crippen molar-refractivity contribution < 1.29 is 4.79 Å². The lowest BCUT2D eigenvalue weighted by molar-refractivity contribution is -0.118. The Morgan fingerprint density at radius 1 is 1.07 bits per heavy atom. The number of amides is 1. The molecule has 6 heteroatoms. The highest BCUT2D eigenvalue weighted by Gasteiger charge is 2.20. The van der Waals surface area contributed by atoms with Gasteiger partial charge in [0.05, 0.1) is 11.7 Å². The Kier molecular flexibility index (Phi) is 5.26. The van der Waals surface area contributed by atoms with Crippen LogP contribution in [-0.2, 0) is 4.79 Å². The Morgan fingerprint density at radius 2 is 1.80 bits per heavy atom. The second kappa shape index (κ2) is 7.88. The summed E-state index contributed by atoms with van der Waals surface area (Å²) in [6.45, 7) is 7.82. The van der Waals surface area contributed by atoms with Gasteiger partial charge >= 0.3 is 0 Å². The Morgan fingerprint density at radius 3 is 2.50 bits per heavy atom. The summed E-state index contributed by atoms with van der Waals surface area (Å²) in [5.74, 6) is -0.259. The highest BCUT2D eigenvalue weighted by atomic mass is 32.1. The molecule has 0 saturated carbocycles. The summed E-state index contributed by atoms with van der Waals surface area (Å²) >= 11 is 1.44. The van der Waals surface area contributed by atoms with E-state index in [-0.39, 0.29) is 11.5 Å². The minimum Gasteiger partial charge on any atom is -0.324 e. The van der Waals surface area contributed by atoms with Gasteiger partial charge in [0.25, 0.3) is 5.56 Å². The molecule has 0 saturated heterocycles. The van der Waals surface area contributed by atoms with Crippen LogP contribution < -0.4 is 10.9 Å². The highest BCUT2D eigenvalue weighted by Crippen LogP contribution is 2.32. The molecule has 0 radical (unpaired) electrons. The molecule has 1 amide bonds. The first-order valence-electron chi connectivity index (χ1n) is 9.78. The van der Waals surface area contributed by atoms with Crippen LogP contribution in [0.4, 0.5) is 5.69 Å². The molecule has 4 aromatic rings. The fourth-order valence-electron chi connectivity index (χ4n) is 3.35. The number of fused-ring (bicyclic) bond motifs is 1. The van der Waals surface area contributed by atoms with Crippen molar-refractivity contribution >= 4 is 33.1 Å². The van der Waals surface area contributed by atoms with Gasteiger partial charge < -0.3 is 5.32 Å². The maximum absolute atomic E-state index is 13.3. The van der Waals surface area contributed by atoms with E-state index in [4.69, 9.17) is 0 Å². The molecular weight excluding hydrogens is 394 g/mol. The van der Waals surface area contributed by atoms with Gasteiger partial charge in [-0.25, -0.2) is 4.98 Å². The zero-order chi connectivity index (χ0) is 21.4. The van der Waals surface area contributed by atoms with Crippen molar-refractivity contribution in [3.05, 3.63) is 81.2 Å². The summed E-state index contributed by atoms with van der Waals surface area (Å²) in [4.78, 5) is 31.2. The molecule has 0 spiro atoms. The van der Waals surface area contributed by atoms with Crippen LogP contribution >= 0.6 is 11.3 Å². The number of aromatic nitrogens is 2. The first kappa shape index (κ1) is 20.0. The molecule has 5 nitrogen and oxygen atoms in total. The van der Waals surface area contributed by atoms with Crippen LogP contribution in [0.15, 0.2) is 59.0 Å². The summed E-state index contributed by atoms with van der Waals surface area (Å²) in [5, 5.41) is 5.39. The Balaban J connectivity index is 1.72. The summed E-state index contributed by atoms with van der Waals surface area (Å²) < 4.78 is 1.41. The molecule has 4 rings (SSSR count). The van der Waals surface area contributed by atoms with E-state index in [0.29, 0.717) is 15.9 Å². The average Bonchev–Trinajstić information content (AvgIpc) is 3.16. The third-order valence-electron chi connectivity index (χ3n) is 5.45. The monoisotopic (exact) mass is 417 g/mol. The van der Waals surface area contributed by atoms with E-state index in [1.54, 1.807) is 6.92 Å². The molecule has 0 unspecified atom stereocenters. The van der Waals surface area contributed by atoms with Gasteiger partial charge in [0.1, 0.15) is 10.9 Å². The van der Waals surface area contributed by atoms with E-state index >= 15 is 0 Å². The summed E-state index contributed by atoms with van der Waals surface area (Å²) in [6.07, 6.45) is 1.46. The molecule has 2 aromatic carbocycles. The zero-order valence-electron chi connectivity index (χ0n) is 17.4. The maximum Gasteiger partial charge on any atom is 0.263 e. The van der Waals surface area contributed by atoms with Crippen molar-refractivity contribution in [2.24, 2.45) is 0 Å². The van der Waals surface area contributed by atoms with E-state index in [1.807, 2.05) is 42.6 Å². The minimum absolute atomic E-state index is 0.207. The molecule has 0 bridgehead atoms. The van der Waals surface area contributed by atoms with E-state index in [9.17, 15) is 9.59 Å². The highest BCUT2D eigenvalue weighted by molar-refractivity contribution is 7.17. The van der Waals surface area contributed by atoms with Gasteiger partial charge in [-0.3, -0.25) is 14.2 Å². The topological polar surface area (TPSA) is 64.0 Å². The molecule has 2 aromatic heterocycles. The van der Waals surface area contributed by atoms with Crippen LogP contribution in [0.1, 0.15) is 29.7 Å². The largest absolute Gasteiger partial charge is 0.324 e. The number of benzene rings is 2. The number of hydrogen-bond donors (Lipinski definition) is 1. The molecule has 1 N–H and O–H groups in total. The minimum atomic E-state index is -0.691. The molecule has 152 valence electrons. The number of anilines is 1. The van der Waals surface area contributed by atoms with Crippen LogP contribution in [0.5, 0.6) is 0 Å². The number of carbonyl (C=O) groups is 1. The number of aryl methyl sites for hydroxylation is 3. The second-order valence-electron chi connectivity index (χ2n) is 7.62. The van der Waals surface area contributed by atoms with Crippen LogP contribution in [0.2, 0.25) is 0 Å². The zero-order valence-corrected chi connectivity index (χ0v) is 18.2. The van der Waals surface area contributed by atoms with Crippen molar-refractivity contribution in [3.8, 4) is 11.1 Å². The molecule has 2 heterocycles. The maximum atomic E-state index is 13.3. The van der Waals surface area contributed by atoms with Crippen molar-refractivity contribution in [3.63, 3.8) is 0 Å². The molecule has 0 aliphatic carbocycles. The Labute approximate surface area is 179 Å². The standard InChI is InChI=1S/C24H23N3O2S/c1-14-5-9-19(10-6-14)26-22(28)17(4)27-13-25-23-21(24(27)29)20(12-30-23)18-8-7-15(2)16(3)11-18/h5-13,17H,1-4H3,(H,26,28)/t17-/m1/s1. The third kappa shape index (κ3) is 3.66. The van der Waals surface area contributed by atoms with Crippen molar-refractivity contribution in [2.45, 2.75) is 33.7 Å². The Hall–Kier alpha value is -3.25. The third-order valence-corrected chi connectivity index (χ3v) is 6.34. The van der Waals surface area contributed by atoms with E-state index in [1.165, 1.54) is 33.4 Å². The number of nitrogens with one attached hydrogen (secondary N) is 1. The first-order chi connectivity index (χ1) is 14.3. The quantitative estimate of drug-likeness (QED) is 0.493. The van der Waals surface area contributed by atoms with Gasteiger partial charge in [0.2, 0.25) is 5.91 Å². The van der Waals surface area contributed by atoms with Crippen LogP contribution in [0.3, 0.4) is 0 Å². The van der Waals surface area contributed by atoms with Gasteiger partial charge in [0.15, 0.2) is 0 Å². The molecule has 1 atom stereocenters. The molecular formula is C24H23N3O2S. The van der Waals surface area contributed by atoms with Crippen LogP contribution in [-0.4, -0.2) is 15.5 Å². The predicted molar refractivity (Wildman–Crippen MR) is 123 cm³/mol. The normalized spacial score (nSPS) is 12.1. The number of hydrogen-bond acceptors (Lipinski definition) is 4. The van der Waals surface area contributed by atoms with Gasteiger partial charge in [-0.2, -0.15) is 0 Å². The predicted octanol–water partition coefficient (Wildman–Crippen LogP) is 5.25. The number of thiophene rings is 1. The lowest BCUT2D eigenvalue weighted by Gasteiger charge is -2.15. The van der Waals surface area contributed by atoms with Crippen LogP contribution in [0, 0.1) is 20.8 Å². The second-order valence-corrected chi connectivity index (χ2v) is 8.47. The molecule has 30 heavy (non-hydrogen) atoms. The fraction of sp³-hybridized carbons (Fsp3) is 0.208. The van der Waals surface area contributed by atoms with Gasteiger partial charge in [-0.1, -0.05) is 35.9 Å². The Bertz CT molecular complexity index is 1300. The first-order valence-corrected chi connectivity index (χ1v) is 10.7.